The van der Waals surface area contributed by atoms with E-state index in [2.05, 4.69) is 42.6 Å². The lowest BCUT2D eigenvalue weighted by Crippen LogP contribution is -2.16. The van der Waals surface area contributed by atoms with E-state index < -0.39 is 0 Å². The average molecular weight is 144 g/mol. The maximum Gasteiger partial charge on any atom is 0.0426 e. The summed E-state index contributed by atoms with van der Waals surface area (Å²) >= 11 is 0. The summed E-state index contributed by atoms with van der Waals surface area (Å²) in [5.41, 5.74) is 3.86. The highest BCUT2D eigenvalue weighted by Crippen LogP contribution is 2.29. The van der Waals surface area contributed by atoms with E-state index >= 15 is 0 Å². The van der Waals surface area contributed by atoms with E-state index in [1.165, 1.54) is 16.8 Å². The van der Waals surface area contributed by atoms with Gasteiger partial charge in [-0.15, -0.1) is 0 Å². The number of rotatable bonds is 2. The zero-order valence-corrected chi connectivity index (χ0v) is 6.30. The van der Waals surface area contributed by atoms with Gasteiger partial charge in [0.25, 0.3) is 0 Å². The summed E-state index contributed by atoms with van der Waals surface area (Å²) in [6, 6.07) is 8.34. The Morgan fingerprint density at radius 2 is 2.09 bits per heavy atom. The molecule has 0 saturated carbocycles. The molecule has 1 aliphatic carbocycles. The molecule has 1 nitrogen and oxygen atoms in total. The molecule has 2 rings (SSSR count). The van der Waals surface area contributed by atoms with Crippen LogP contribution in [0.5, 0.6) is 0 Å². The number of fused-ring (bicyclic) bond motifs is 1. The fraction of sp³-hybridized carbons (Fsp3) is 0.100. The first-order valence-corrected chi connectivity index (χ1v) is 3.76. The zero-order valence-electron chi connectivity index (χ0n) is 6.30. The normalized spacial score (nSPS) is 13.0. The van der Waals surface area contributed by atoms with Crippen LogP contribution in [0.4, 0.5) is 0 Å². The summed E-state index contributed by atoms with van der Waals surface area (Å²) in [6.45, 7) is 4.48. The lowest BCUT2D eigenvalue weighted by Gasteiger charge is -2.20. The summed E-state index contributed by atoms with van der Waals surface area (Å²) in [4.78, 5) is 0. The van der Waals surface area contributed by atoms with Crippen molar-refractivity contribution < 1.29 is 0 Å². The van der Waals surface area contributed by atoms with Crippen molar-refractivity contribution >= 4 is 11.8 Å². The van der Waals surface area contributed by atoms with Gasteiger partial charge in [0.1, 0.15) is 0 Å². The molecular weight excluding hydrogens is 134 g/mol. The van der Waals surface area contributed by atoms with Crippen molar-refractivity contribution in [3.63, 3.8) is 0 Å². The third-order valence-electron chi connectivity index (χ3n) is 1.87. The van der Waals surface area contributed by atoms with Crippen LogP contribution in [0.25, 0.3) is 11.8 Å². The molecule has 0 aromatic heterocycles. The molecule has 0 spiro atoms. The Kier molecular flexibility index (Phi) is 1.42. The van der Waals surface area contributed by atoms with E-state index in [-0.39, 0.29) is 0 Å². The second-order valence-electron chi connectivity index (χ2n) is 2.57. The Morgan fingerprint density at radius 1 is 1.27 bits per heavy atom. The average Bonchev–Trinajstić information content (AvgIpc) is 2.01. The Morgan fingerprint density at radius 3 is 2.82 bits per heavy atom. The van der Waals surface area contributed by atoms with Crippen LogP contribution in [0.3, 0.4) is 0 Å². The molecule has 0 amide bonds. The molecule has 11 heavy (non-hydrogen) atoms. The SMILES string of the molecule is [CH2]CNC1=Cc2ccccc21. The minimum Gasteiger partial charge on any atom is -0.385 e. The second-order valence-corrected chi connectivity index (χ2v) is 2.57. The number of nitrogens with one attached hydrogen (secondary N) is 1. The number of benzene rings is 1. The lowest BCUT2D eigenvalue weighted by molar-refractivity contribution is 1.00. The van der Waals surface area contributed by atoms with E-state index in [1.54, 1.807) is 0 Å². The van der Waals surface area contributed by atoms with Gasteiger partial charge in [-0.25, -0.2) is 0 Å². The fourth-order valence-corrected chi connectivity index (χ4v) is 1.30. The van der Waals surface area contributed by atoms with Gasteiger partial charge in [-0.1, -0.05) is 24.3 Å². The van der Waals surface area contributed by atoms with E-state index in [4.69, 9.17) is 0 Å². The first-order valence-electron chi connectivity index (χ1n) is 3.76. The third kappa shape index (κ3) is 0.929. The van der Waals surface area contributed by atoms with Crippen LogP contribution in [0.1, 0.15) is 11.1 Å². The second kappa shape index (κ2) is 2.42. The molecule has 1 N–H and O–H groups in total. The van der Waals surface area contributed by atoms with E-state index in [0.717, 1.165) is 6.54 Å². The molecule has 1 aliphatic rings. The van der Waals surface area contributed by atoms with Gasteiger partial charge in [0.2, 0.25) is 0 Å². The molecule has 0 saturated heterocycles. The molecule has 1 radical (unpaired) electrons. The maximum atomic E-state index is 3.73. The first-order chi connectivity index (χ1) is 5.42. The van der Waals surface area contributed by atoms with Gasteiger partial charge in [-0.3, -0.25) is 0 Å². The molecule has 0 bridgehead atoms. The van der Waals surface area contributed by atoms with Gasteiger partial charge in [-0.05, 0) is 18.6 Å². The fourth-order valence-electron chi connectivity index (χ4n) is 1.30. The van der Waals surface area contributed by atoms with Crippen molar-refractivity contribution in [2.75, 3.05) is 6.54 Å². The first kappa shape index (κ1) is 6.47. The van der Waals surface area contributed by atoms with Crippen molar-refractivity contribution in [2.45, 2.75) is 0 Å². The van der Waals surface area contributed by atoms with Gasteiger partial charge < -0.3 is 5.32 Å². The van der Waals surface area contributed by atoms with Crippen LogP contribution in [0.15, 0.2) is 24.3 Å². The molecule has 1 aromatic rings. The lowest BCUT2D eigenvalue weighted by atomic mass is 9.94. The van der Waals surface area contributed by atoms with Gasteiger partial charge in [0.05, 0.1) is 0 Å². The summed E-state index contributed by atoms with van der Waals surface area (Å²) in [7, 11) is 0. The standard InChI is InChI=1S/C10H10N/c1-2-11-10-7-8-5-3-4-6-9(8)10/h3-7,11H,1-2H2. The molecule has 1 heteroatoms. The predicted molar refractivity (Wildman–Crippen MR) is 47.7 cm³/mol. The monoisotopic (exact) mass is 144 g/mol. The van der Waals surface area contributed by atoms with E-state index in [1.807, 2.05) is 0 Å². The van der Waals surface area contributed by atoms with Crippen LogP contribution in [0, 0.1) is 6.92 Å². The minimum absolute atomic E-state index is 0.750. The van der Waals surface area contributed by atoms with Crippen molar-refractivity contribution in [1.82, 2.24) is 5.32 Å². The summed E-state index contributed by atoms with van der Waals surface area (Å²) in [6.07, 6.45) is 2.14. The van der Waals surface area contributed by atoms with Crippen molar-refractivity contribution in [3.8, 4) is 0 Å². The Bertz CT molecular complexity index is 299. The van der Waals surface area contributed by atoms with Crippen molar-refractivity contribution in [2.24, 2.45) is 0 Å². The minimum atomic E-state index is 0.750. The molecular formula is C10H10N. The van der Waals surface area contributed by atoms with Crippen LogP contribution in [-0.4, -0.2) is 6.54 Å². The highest BCUT2D eigenvalue weighted by molar-refractivity contribution is 5.94. The smallest absolute Gasteiger partial charge is 0.0426 e. The largest absolute Gasteiger partial charge is 0.385 e. The molecule has 1 aromatic carbocycles. The van der Waals surface area contributed by atoms with Gasteiger partial charge in [0, 0.05) is 17.8 Å². The van der Waals surface area contributed by atoms with Crippen molar-refractivity contribution in [3.05, 3.63) is 42.3 Å². The molecule has 0 atom stereocenters. The third-order valence-corrected chi connectivity index (χ3v) is 1.87. The maximum absolute atomic E-state index is 3.73. The summed E-state index contributed by atoms with van der Waals surface area (Å²) < 4.78 is 0. The molecule has 0 heterocycles. The van der Waals surface area contributed by atoms with E-state index in [9.17, 15) is 0 Å². The van der Waals surface area contributed by atoms with Crippen LogP contribution in [-0.2, 0) is 0 Å². The van der Waals surface area contributed by atoms with Crippen LogP contribution >= 0.6 is 0 Å². The molecule has 0 aliphatic heterocycles. The van der Waals surface area contributed by atoms with Gasteiger partial charge in [0.15, 0.2) is 0 Å². The highest BCUT2D eigenvalue weighted by Gasteiger charge is 2.12. The topological polar surface area (TPSA) is 12.0 Å². The van der Waals surface area contributed by atoms with Gasteiger partial charge >= 0.3 is 0 Å². The Labute approximate surface area is 66.7 Å². The number of hydrogen-bond acceptors (Lipinski definition) is 1. The molecule has 0 unspecified atom stereocenters. The van der Waals surface area contributed by atoms with E-state index in [0.29, 0.717) is 0 Å². The summed E-state index contributed by atoms with van der Waals surface area (Å²) in [5, 5.41) is 3.19. The van der Waals surface area contributed by atoms with Gasteiger partial charge in [-0.2, -0.15) is 0 Å². The molecule has 55 valence electrons. The van der Waals surface area contributed by atoms with Crippen LogP contribution < -0.4 is 5.32 Å². The Balaban J connectivity index is 2.24. The Hall–Kier alpha value is -1.24. The zero-order chi connectivity index (χ0) is 7.68. The number of hydrogen-bond donors (Lipinski definition) is 1. The van der Waals surface area contributed by atoms with Crippen LogP contribution in [0.2, 0.25) is 0 Å². The van der Waals surface area contributed by atoms with Crippen molar-refractivity contribution in [1.29, 1.82) is 0 Å². The molecule has 0 fully saturated rings. The quantitative estimate of drug-likeness (QED) is 0.668. The summed E-state index contributed by atoms with van der Waals surface area (Å²) in [5.74, 6) is 0. The highest BCUT2D eigenvalue weighted by atomic mass is 14.9. The predicted octanol–water partition coefficient (Wildman–Crippen LogP) is 1.92.